The van der Waals surface area contributed by atoms with E-state index in [0.717, 1.165) is 27.6 Å². The molecule has 0 amide bonds. The van der Waals surface area contributed by atoms with E-state index in [4.69, 9.17) is 21.1 Å². The summed E-state index contributed by atoms with van der Waals surface area (Å²) >= 11 is 6.22. The molecule has 1 aliphatic heterocycles. The van der Waals surface area contributed by atoms with Crippen molar-refractivity contribution in [1.29, 1.82) is 0 Å². The van der Waals surface area contributed by atoms with E-state index in [1.807, 2.05) is 79.3 Å². The van der Waals surface area contributed by atoms with Gasteiger partial charge in [0, 0.05) is 45.9 Å². The topological polar surface area (TPSA) is 40.5 Å². The van der Waals surface area contributed by atoms with Crippen molar-refractivity contribution >= 4 is 34.4 Å². The monoisotopic (exact) mass is 429 g/mol. The van der Waals surface area contributed by atoms with Gasteiger partial charge in [0.1, 0.15) is 18.1 Å². The van der Waals surface area contributed by atoms with Crippen LogP contribution in [0.25, 0.3) is 17.0 Å². The molecule has 0 saturated heterocycles. The zero-order valence-corrected chi connectivity index (χ0v) is 17.9. The number of aryl methyl sites for hydroxylation is 1. The van der Waals surface area contributed by atoms with Gasteiger partial charge in [0.05, 0.1) is 5.56 Å². The van der Waals surface area contributed by atoms with E-state index in [1.165, 1.54) is 0 Å². The Hall–Kier alpha value is -3.50. The lowest BCUT2D eigenvalue weighted by atomic mass is 10.1. The minimum Gasteiger partial charge on any atom is -0.488 e. The number of benzene rings is 3. The van der Waals surface area contributed by atoms with Crippen LogP contribution in [0.4, 0.5) is 0 Å². The van der Waals surface area contributed by atoms with Gasteiger partial charge in [-0.15, -0.1) is 0 Å². The normalized spacial score (nSPS) is 14.2. The lowest BCUT2D eigenvalue weighted by Gasteiger charge is -2.12. The number of hydrogen-bond donors (Lipinski definition) is 0. The fraction of sp³-hybridized carbons (Fsp3) is 0.115. The van der Waals surface area contributed by atoms with Crippen molar-refractivity contribution in [2.45, 2.75) is 13.5 Å². The third-order valence-corrected chi connectivity index (χ3v) is 5.96. The summed E-state index contributed by atoms with van der Waals surface area (Å²) in [5.41, 5.74) is 4.29. The Morgan fingerprint density at radius 3 is 2.68 bits per heavy atom. The molecule has 1 aromatic heterocycles. The van der Waals surface area contributed by atoms with Gasteiger partial charge in [0.25, 0.3) is 0 Å². The second-order valence-electron chi connectivity index (χ2n) is 7.60. The number of ketones is 1. The number of Topliss-reactive ketones (excluding diaryl/α,β-unsaturated/α-hetero) is 1. The summed E-state index contributed by atoms with van der Waals surface area (Å²) in [5, 5.41) is 1.73. The van der Waals surface area contributed by atoms with Crippen molar-refractivity contribution in [1.82, 2.24) is 4.57 Å². The van der Waals surface area contributed by atoms with Crippen LogP contribution in [0.15, 0.2) is 72.6 Å². The maximum absolute atomic E-state index is 13.0. The van der Waals surface area contributed by atoms with Crippen molar-refractivity contribution in [3.63, 3.8) is 0 Å². The Morgan fingerprint density at radius 1 is 1.06 bits per heavy atom. The Bertz CT molecular complexity index is 1370. The van der Waals surface area contributed by atoms with Crippen molar-refractivity contribution in [3.05, 3.63) is 99.9 Å². The lowest BCUT2D eigenvalue weighted by Crippen LogP contribution is -1.99. The molecule has 31 heavy (non-hydrogen) atoms. The molecular formula is C26H20ClNO3. The highest BCUT2D eigenvalue weighted by Gasteiger charge is 2.30. The number of rotatable bonds is 4. The Morgan fingerprint density at radius 2 is 1.84 bits per heavy atom. The predicted molar refractivity (Wildman–Crippen MR) is 123 cm³/mol. The van der Waals surface area contributed by atoms with Crippen LogP contribution in [0, 0.1) is 6.92 Å². The summed E-state index contributed by atoms with van der Waals surface area (Å²) in [5.74, 6) is 1.41. The molecule has 0 atom stereocenters. The van der Waals surface area contributed by atoms with Crippen LogP contribution < -0.4 is 9.47 Å². The zero-order chi connectivity index (χ0) is 21.5. The quantitative estimate of drug-likeness (QED) is 0.355. The van der Waals surface area contributed by atoms with E-state index >= 15 is 0 Å². The summed E-state index contributed by atoms with van der Waals surface area (Å²) in [6, 6.07) is 19.2. The molecule has 4 aromatic rings. The van der Waals surface area contributed by atoms with Gasteiger partial charge in [-0.3, -0.25) is 4.79 Å². The number of para-hydroxylation sites is 1. The largest absolute Gasteiger partial charge is 0.488 e. The van der Waals surface area contributed by atoms with Gasteiger partial charge in [0.2, 0.25) is 5.78 Å². The summed E-state index contributed by atoms with van der Waals surface area (Å²) in [7, 11) is 1.99. The number of aromatic nitrogens is 1. The Kier molecular flexibility index (Phi) is 4.79. The molecule has 2 heterocycles. The summed E-state index contributed by atoms with van der Waals surface area (Å²) in [4.78, 5) is 13.0. The molecule has 5 heteroatoms. The molecule has 0 fully saturated rings. The Labute approximate surface area is 185 Å². The molecule has 0 unspecified atom stereocenters. The maximum atomic E-state index is 13.0. The van der Waals surface area contributed by atoms with Crippen molar-refractivity contribution in [2.75, 3.05) is 0 Å². The van der Waals surface area contributed by atoms with E-state index in [-0.39, 0.29) is 5.78 Å². The molecule has 0 saturated carbocycles. The van der Waals surface area contributed by atoms with Crippen LogP contribution in [0.3, 0.4) is 0 Å². The van der Waals surface area contributed by atoms with E-state index in [2.05, 4.69) is 6.07 Å². The third-order valence-electron chi connectivity index (χ3n) is 5.59. The first-order valence-corrected chi connectivity index (χ1v) is 10.4. The predicted octanol–water partition coefficient (Wildman–Crippen LogP) is 6.34. The van der Waals surface area contributed by atoms with Gasteiger partial charge in [-0.2, -0.15) is 0 Å². The number of hydrogen-bond acceptors (Lipinski definition) is 3. The van der Waals surface area contributed by atoms with Crippen molar-refractivity contribution < 1.29 is 14.3 Å². The molecule has 1 aliphatic rings. The average Bonchev–Trinajstić information content (AvgIpc) is 3.27. The van der Waals surface area contributed by atoms with Crippen LogP contribution in [-0.4, -0.2) is 10.4 Å². The number of carbonyl (C=O) groups is 1. The van der Waals surface area contributed by atoms with Crippen LogP contribution in [0.2, 0.25) is 5.02 Å². The highest BCUT2D eigenvalue weighted by atomic mass is 35.5. The molecule has 0 bridgehead atoms. The van der Waals surface area contributed by atoms with E-state index in [0.29, 0.717) is 34.5 Å². The van der Waals surface area contributed by atoms with Gasteiger partial charge < -0.3 is 14.0 Å². The van der Waals surface area contributed by atoms with E-state index in [9.17, 15) is 4.79 Å². The minimum atomic E-state index is -0.122. The molecule has 0 aliphatic carbocycles. The van der Waals surface area contributed by atoms with Gasteiger partial charge in [-0.25, -0.2) is 0 Å². The van der Waals surface area contributed by atoms with Gasteiger partial charge in [-0.1, -0.05) is 48.0 Å². The number of fused-ring (bicyclic) bond motifs is 2. The summed E-state index contributed by atoms with van der Waals surface area (Å²) in [6.45, 7) is 2.24. The second kappa shape index (κ2) is 7.64. The smallest absolute Gasteiger partial charge is 0.231 e. The van der Waals surface area contributed by atoms with Crippen LogP contribution >= 0.6 is 11.6 Å². The van der Waals surface area contributed by atoms with Gasteiger partial charge in [-0.05, 0) is 37.3 Å². The molecule has 0 radical (unpaired) electrons. The minimum absolute atomic E-state index is 0.122. The van der Waals surface area contributed by atoms with E-state index < -0.39 is 0 Å². The number of halogens is 1. The third kappa shape index (κ3) is 3.39. The summed E-state index contributed by atoms with van der Waals surface area (Å²) < 4.78 is 14.0. The van der Waals surface area contributed by atoms with Crippen LogP contribution in [0.1, 0.15) is 27.0 Å². The fourth-order valence-corrected chi connectivity index (χ4v) is 4.11. The zero-order valence-electron chi connectivity index (χ0n) is 17.2. The Balaban J connectivity index is 1.45. The fourth-order valence-electron chi connectivity index (χ4n) is 3.92. The number of carbonyl (C=O) groups excluding carboxylic acids is 1. The molecular weight excluding hydrogens is 410 g/mol. The SMILES string of the molecule is Cc1c(OCc2ccccc2Cl)ccc2c1O/C(=C\c1cn(C)c3ccccc13)C2=O. The first-order chi connectivity index (χ1) is 15.0. The maximum Gasteiger partial charge on any atom is 0.231 e. The van der Waals surface area contributed by atoms with Gasteiger partial charge in [0.15, 0.2) is 5.76 Å². The molecule has 0 spiro atoms. The molecule has 5 rings (SSSR count). The highest BCUT2D eigenvalue weighted by Crippen LogP contribution is 2.40. The number of ether oxygens (including phenoxy) is 2. The number of nitrogens with zero attached hydrogens (tertiary/aromatic N) is 1. The standard InChI is InChI=1S/C26H20ClNO3/c1-16-23(30-15-17-7-3-5-9-21(17)27)12-11-20-25(29)24(31-26(16)20)13-18-14-28(2)22-10-6-4-8-19(18)22/h3-14H,15H2,1-2H3/b24-13-. The average molecular weight is 430 g/mol. The van der Waals surface area contributed by atoms with Crippen LogP contribution in [0.5, 0.6) is 11.5 Å². The molecule has 4 nitrogen and oxygen atoms in total. The molecule has 3 aromatic carbocycles. The van der Waals surface area contributed by atoms with Crippen molar-refractivity contribution in [3.8, 4) is 11.5 Å². The van der Waals surface area contributed by atoms with Crippen molar-refractivity contribution in [2.24, 2.45) is 7.05 Å². The molecule has 0 N–H and O–H groups in total. The van der Waals surface area contributed by atoms with Crippen LogP contribution in [-0.2, 0) is 13.7 Å². The summed E-state index contributed by atoms with van der Waals surface area (Å²) in [6.07, 6.45) is 3.82. The second-order valence-corrected chi connectivity index (χ2v) is 8.00. The highest BCUT2D eigenvalue weighted by molar-refractivity contribution is 6.31. The number of allylic oxidation sites excluding steroid dienone is 1. The van der Waals surface area contributed by atoms with Gasteiger partial charge >= 0.3 is 0 Å². The first kappa shape index (κ1) is 19.5. The lowest BCUT2D eigenvalue weighted by molar-refractivity contribution is 0.101. The molecule has 154 valence electrons. The first-order valence-electron chi connectivity index (χ1n) is 10.0. The van der Waals surface area contributed by atoms with E-state index in [1.54, 1.807) is 6.07 Å².